The highest BCUT2D eigenvalue weighted by Crippen LogP contribution is 2.69. The largest absolute Gasteiger partial charge is 0.358 e. The lowest BCUT2D eigenvalue weighted by Gasteiger charge is -2.30. The third-order valence-electron chi connectivity index (χ3n) is 3.28. The van der Waals surface area contributed by atoms with Crippen molar-refractivity contribution in [2.24, 2.45) is 5.92 Å². The summed E-state index contributed by atoms with van der Waals surface area (Å²) in [7, 11) is -7.09. The molecule has 134 valence electrons. The summed E-state index contributed by atoms with van der Waals surface area (Å²) in [6.45, 7) is 9.81. The minimum Gasteiger partial charge on any atom is -0.306 e. The van der Waals surface area contributed by atoms with E-state index in [1.807, 2.05) is 19.1 Å². The topological polar surface area (TPSA) is 71.1 Å². The molecule has 0 fully saturated rings. The van der Waals surface area contributed by atoms with Gasteiger partial charge in [-0.15, -0.1) is 0 Å². The van der Waals surface area contributed by atoms with Crippen molar-refractivity contribution in [3.63, 3.8) is 0 Å². The fraction of sp³-hybridized carbons (Fsp3) is 0.733. The molecule has 0 bridgehead atoms. The van der Waals surface area contributed by atoms with E-state index in [4.69, 9.17) is 18.1 Å². The van der Waals surface area contributed by atoms with Crippen LogP contribution in [0, 0.1) is 5.92 Å². The molecule has 0 radical (unpaired) electrons. The molecule has 0 aliphatic heterocycles. The quantitative estimate of drug-likeness (QED) is 0.385. The molecule has 0 saturated carbocycles. The van der Waals surface area contributed by atoms with Gasteiger partial charge in [-0.05, 0) is 34.1 Å². The van der Waals surface area contributed by atoms with E-state index in [0.29, 0.717) is 17.0 Å². The molecule has 0 aromatic carbocycles. The van der Waals surface area contributed by atoms with Crippen LogP contribution in [0.4, 0.5) is 0 Å². The average Bonchev–Trinajstić information content (AvgIpc) is 2.47. The molecule has 0 aromatic heterocycles. The van der Waals surface area contributed by atoms with Gasteiger partial charge >= 0.3 is 15.2 Å². The Morgan fingerprint density at radius 2 is 1.35 bits per heavy atom. The molecule has 0 spiro atoms. The molecule has 8 heteroatoms. The normalized spacial score (nSPS) is 19.4. The van der Waals surface area contributed by atoms with Crippen molar-refractivity contribution >= 4 is 15.2 Å². The Labute approximate surface area is 139 Å². The van der Waals surface area contributed by atoms with E-state index in [9.17, 15) is 9.13 Å². The van der Waals surface area contributed by atoms with Crippen molar-refractivity contribution in [1.29, 1.82) is 0 Å². The molecular formula is C15H28O6P2. The Kier molecular flexibility index (Phi) is 8.43. The summed E-state index contributed by atoms with van der Waals surface area (Å²) in [6, 6.07) is 0. The Bertz CT molecular complexity index is 520. The zero-order valence-corrected chi connectivity index (χ0v) is 16.4. The van der Waals surface area contributed by atoms with Crippen LogP contribution < -0.4 is 0 Å². The first-order chi connectivity index (χ1) is 10.9. The minimum atomic E-state index is -3.55. The zero-order valence-electron chi connectivity index (χ0n) is 14.6. The highest BCUT2D eigenvalue weighted by Gasteiger charge is 2.43. The number of allylic oxidation sites excluding steroid dienone is 4. The second kappa shape index (κ2) is 9.31. The summed E-state index contributed by atoms with van der Waals surface area (Å²) < 4.78 is 48.3. The van der Waals surface area contributed by atoms with E-state index in [2.05, 4.69) is 0 Å². The van der Waals surface area contributed by atoms with E-state index < -0.39 is 15.2 Å². The van der Waals surface area contributed by atoms with Crippen LogP contribution in [-0.4, -0.2) is 26.4 Å². The fourth-order valence-electron chi connectivity index (χ4n) is 2.55. The lowest BCUT2D eigenvalue weighted by molar-refractivity contribution is 0.218. The van der Waals surface area contributed by atoms with Crippen molar-refractivity contribution in [3.05, 3.63) is 22.8 Å². The molecule has 0 N–H and O–H groups in total. The molecule has 0 saturated heterocycles. The highest BCUT2D eigenvalue weighted by atomic mass is 31.2. The van der Waals surface area contributed by atoms with Gasteiger partial charge in [0.1, 0.15) is 0 Å². The van der Waals surface area contributed by atoms with Gasteiger partial charge < -0.3 is 18.1 Å². The first-order valence-corrected chi connectivity index (χ1v) is 11.2. The SMILES string of the molecule is CCOP(=O)(OCC)C1=C(P(=O)(OCC)OCC)C(C)C=CC1. The Hall–Kier alpha value is -0.220. The van der Waals surface area contributed by atoms with Gasteiger partial charge in [0.25, 0.3) is 0 Å². The molecular weight excluding hydrogens is 338 g/mol. The van der Waals surface area contributed by atoms with E-state index in [1.165, 1.54) is 0 Å². The monoisotopic (exact) mass is 366 g/mol. The lowest BCUT2D eigenvalue weighted by atomic mass is 10.1. The maximum Gasteiger partial charge on any atom is 0.358 e. The average molecular weight is 366 g/mol. The maximum absolute atomic E-state index is 13.3. The minimum absolute atomic E-state index is 0.225. The van der Waals surface area contributed by atoms with Crippen molar-refractivity contribution in [1.82, 2.24) is 0 Å². The summed E-state index contributed by atoms with van der Waals surface area (Å²) in [6.07, 6.45) is 4.14. The van der Waals surface area contributed by atoms with Gasteiger partial charge in [0.15, 0.2) is 0 Å². The van der Waals surface area contributed by atoms with E-state index in [-0.39, 0.29) is 32.3 Å². The Morgan fingerprint density at radius 1 is 0.913 bits per heavy atom. The van der Waals surface area contributed by atoms with Crippen LogP contribution in [0.1, 0.15) is 41.0 Å². The third kappa shape index (κ3) is 4.88. The highest BCUT2D eigenvalue weighted by molar-refractivity contribution is 7.63. The van der Waals surface area contributed by atoms with Crippen LogP contribution in [0.15, 0.2) is 22.8 Å². The number of hydrogen-bond donors (Lipinski definition) is 0. The first kappa shape index (κ1) is 20.8. The van der Waals surface area contributed by atoms with Crippen LogP contribution in [0.3, 0.4) is 0 Å². The summed E-state index contributed by atoms with van der Waals surface area (Å²) >= 11 is 0. The molecule has 1 aliphatic carbocycles. The van der Waals surface area contributed by atoms with E-state index >= 15 is 0 Å². The lowest BCUT2D eigenvalue weighted by Crippen LogP contribution is -2.12. The summed E-state index contributed by atoms with van der Waals surface area (Å²) in [5.41, 5.74) is 0. The smallest absolute Gasteiger partial charge is 0.306 e. The van der Waals surface area contributed by atoms with Gasteiger partial charge in [0, 0.05) is 5.92 Å². The summed E-state index contributed by atoms with van der Waals surface area (Å²) in [4.78, 5) is 0. The standard InChI is InChI=1S/C15H28O6P2/c1-6-18-22(16,19-7-2)14-12-10-11-13(5)15(14)23(17,20-8-3)21-9-4/h10-11,13H,6-9,12H2,1-5H3. The van der Waals surface area contributed by atoms with Gasteiger partial charge in [-0.3, -0.25) is 9.13 Å². The van der Waals surface area contributed by atoms with Crippen molar-refractivity contribution in [2.75, 3.05) is 26.4 Å². The van der Waals surface area contributed by atoms with Crippen LogP contribution in [-0.2, 0) is 27.2 Å². The van der Waals surface area contributed by atoms with Crippen LogP contribution in [0.2, 0.25) is 0 Å². The molecule has 0 aromatic rings. The predicted molar refractivity (Wildman–Crippen MR) is 91.7 cm³/mol. The number of rotatable bonds is 10. The maximum atomic E-state index is 13.3. The fourth-order valence-corrected chi connectivity index (χ4v) is 7.19. The van der Waals surface area contributed by atoms with Crippen LogP contribution in [0.5, 0.6) is 0 Å². The van der Waals surface area contributed by atoms with Gasteiger partial charge in [0.2, 0.25) is 0 Å². The molecule has 0 heterocycles. The van der Waals surface area contributed by atoms with E-state index in [1.54, 1.807) is 27.7 Å². The molecule has 1 rings (SSSR count). The second-order valence-corrected chi connectivity index (χ2v) is 8.96. The van der Waals surface area contributed by atoms with Gasteiger partial charge in [-0.2, -0.15) is 0 Å². The molecule has 1 unspecified atom stereocenters. The second-order valence-electron chi connectivity index (χ2n) is 4.92. The molecule has 23 heavy (non-hydrogen) atoms. The van der Waals surface area contributed by atoms with Crippen molar-refractivity contribution in [2.45, 2.75) is 41.0 Å². The van der Waals surface area contributed by atoms with Gasteiger partial charge in [0.05, 0.1) is 37.1 Å². The van der Waals surface area contributed by atoms with Gasteiger partial charge in [-0.25, -0.2) is 0 Å². The molecule has 6 nitrogen and oxygen atoms in total. The summed E-state index contributed by atoms with van der Waals surface area (Å²) in [5, 5.41) is 0.815. The number of hydrogen-bond acceptors (Lipinski definition) is 6. The molecule has 0 amide bonds. The zero-order chi connectivity index (χ0) is 17.5. The van der Waals surface area contributed by atoms with Crippen molar-refractivity contribution in [3.8, 4) is 0 Å². The predicted octanol–water partition coefficient (Wildman–Crippen LogP) is 5.33. The summed E-state index contributed by atoms with van der Waals surface area (Å²) in [5.74, 6) is -0.225. The molecule has 1 atom stereocenters. The molecule has 1 aliphatic rings. The van der Waals surface area contributed by atoms with Crippen LogP contribution >= 0.6 is 15.2 Å². The van der Waals surface area contributed by atoms with Crippen LogP contribution in [0.25, 0.3) is 0 Å². The Morgan fingerprint density at radius 3 is 1.78 bits per heavy atom. The third-order valence-corrected chi connectivity index (χ3v) is 8.21. The van der Waals surface area contributed by atoms with E-state index in [0.717, 1.165) is 0 Å². The Balaban J connectivity index is 3.50. The van der Waals surface area contributed by atoms with Crippen molar-refractivity contribution < 1.29 is 27.2 Å². The van der Waals surface area contributed by atoms with Gasteiger partial charge in [-0.1, -0.05) is 19.1 Å². The first-order valence-electron chi connectivity index (χ1n) is 8.07.